The normalized spacial score (nSPS) is 17.7. The number of rotatable bonds is 7. The minimum Gasteiger partial charge on any atom is -0.353 e. The van der Waals surface area contributed by atoms with Gasteiger partial charge in [-0.25, -0.2) is 0 Å². The molecule has 2 aromatic heterocycles. The van der Waals surface area contributed by atoms with E-state index in [1.165, 1.54) is 0 Å². The van der Waals surface area contributed by atoms with E-state index in [2.05, 4.69) is 25.8 Å². The van der Waals surface area contributed by atoms with Gasteiger partial charge in [0, 0.05) is 31.7 Å². The zero-order chi connectivity index (χ0) is 19.2. The third-order valence-corrected chi connectivity index (χ3v) is 4.33. The number of nitrogens with zero attached hydrogens (tertiary/aromatic N) is 4. The number of nitrogens with one attached hydrogen (secondary N) is 2. The molecule has 0 aliphatic carbocycles. The first-order chi connectivity index (χ1) is 13.0. The molecule has 3 heterocycles. The third kappa shape index (κ3) is 5.10. The van der Waals surface area contributed by atoms with Crippen molar-refractivity contribution < 1.29 is 14.1 Å². The van der Waals surface area contributed by atoms with E-state index in [-0.39, 0.29) is 30.7 Å². The lowest BCUT2D eigenvalue weighted by Gasteiger charge is -2.34. The Morgan fingerprint density at radius 2 is 2.30 bits per heavy atom. The Bertz CT molecular complexity index is 776. The molecule has 27 heavy (non-hydrogen) atoms. The van der Waals surface area contributed by atoms with Crippen LogP contribution in [-0.2, 0) is 22.7 Å². The van der Waals surface area contributed by atoms with Crippen molar-refractivity contribution in [3.05, 3.63) is 41.8 Å². The topological polar surface area (TPSA) is 113 Å². The van der Waals surface area contributed by atoms with Crippen molar-refractivity contribution in [3.63, 3.8) is 0 Å². The number of hydrogen-bond acceptors (Lipinski definition) is 7. The molecule has 0 saturated carbocycles. The number of amides is 2. The van der Waals surface area contributed by atoms with Crippen LogP contribution in [0.15, 0.2) is 28.9 Å². The quantitative estimate of drug-likeness (QED) is 0.731. The summed E-state index contributed by atoms with van der Waals surface area (Å²) < 4.78 is 5.12. The second-order valence-corrected chi connectivity index (χ2v) is 6.78. The maximum absolute atomic E-state index is 12.3. The Kier molecular flexibility index (Phi) is 6.12. The van der Waals surface area contributed by atoms with Crippen LogP contribution in [0.1, 0.15) is 43.6 Å². The van der Waals surface area contributed by atoms with E-state index in [0.717, 1.165) is 5.69 Å². The van der Waals surface area contributed by atoms with Gasteiger partial charge in [-0.05, 0) is 12.1 Å². The van der Waals surface area contributed by atoms with E-state index in [0.29, 0.717) is 31.3 Å². The smallest absolute Gasteiger partial charge is 0.237 e. The van der Waals surface area contributed by atoms with Gasteiger partial charge in [0.05, 0.1) is 24.7 Å². The monoisotopic (exact) mass is 372 g/mol. The number of pyridine rings is 1. The summed E-state index contributed by atoms with van der Waals surface area (Å²) in [5, 5.41) is 9.42. The van der Waals surface area contributed by atoms with Crippen molar-refractivity contribution in [2.75, 3.05) is 13.1 Å². The summed E-state index contributed by atoms with van der Waals surface area (Å²) in [4.78, 5) is 35.1. The molecule has 2 aromatic rings. The van der Waals surface area contributed by atoms with Crippen LogP contribution in [0.25, 0.3) is 0 Å². The highest BCUT2D eigenvalue weighted by Gasteiger charge is 2.31. The molecule has 0 unspecified atom stereocenters. The molecule has 3 rings (SSSR count). The molecule has 0 radical (unpaired) electrons. The molecule has 1 aliphatic heterocycles. The molecule has 2 N–H and O–H groups in total. The minimum absolute atomic E-state index is 0.0631. The van der Waals surface area contributed by atoms with Gasteiger partial charge in [-0.1, -0.05) is 25.1 Å². The van der Waals surface area contributed by atoms with Crippen LogP contribution in [0.4, 0.5) is 0 Å². The lowest BCUT2D eigenvalue weighted by molar-refractivity contribution is -0.134. The van der Waals surface area contributed by atoms with Crippen molar-refractivity contribution in [2.24, 2.45) is 0 Å². The summed E-state index contributed by atoms with van der Waals surface area (Å²) in [6.07, 6.45) is 1.78. The molecular formula is C18H24N6O3. The van der Waals surface area contributed by atoms with Gasteiger partial charge in [0.25, 0.3) is 0 Å². The van der Waals surface area contributed by atoms with Gasteiger partial charge < -0.3 is 15.2 Å². The zero-order valence-electron chi connectivity index (χ0n) is 15.5. The standard InChI is InChI=1S/C18H24N6O3/c1-12(2)18-22-15(23-27-18)10-21-16(25)9-14-17(26)20-7-8-24(14)11-13-5-3-4-6-19-13/h3-6,12,14H,7-11H2,1-2H3,(H,20,26)(H,21,25)/t14-/m1/s1. The minimum atomic E-state index is -0.530. The van der Waals surface area contributed by atoms with Crippen molar-refractivity contribution >= 4 is 11.8 Å². The molecule has 0 bridgehead atoms. The fourth-order valence-electron chi connectivity index (χ4n) is 2.87. The first kappa shape index (κ1) is 19.0. The van der Waals surface area contributed by atoms with E-state index < -0.39 is 6.04 Å². The molecule has 1 aliphatic rings. The van der Waals surface area contributed by atoms with Crippen molar-refractivity contribution in [3.8, 4) is 0 Å². The lowest BCUT2D eigenvalue weighted by Crippen LogP contribution is -2.56. The van der Waals surface area contributed by atoms with Crippen molar-refractivity contribution in [1.29, 1.82) is 0 Å². The van der Waals surface area contributed by atoms with Crippen LogP contribution in [0.5, 0.6) is 0 Å². The van der Waals surface area contributed by atoms with E-state index in [9.17, 15) is 9.59 Å². The maximum Gasteiger partial charge on any atom is 0.237 e. The Labute approximate surface area is 157 Å². The largest absolute Gasteiger partial charge is 0.353 e. The second-order valence-electron chi connectivity index (χ2n) is 6.78. The van der Waals surface area contributed by atoms with E-state index >= 15 is 0 Å². The maximum atomic E-state index is 12.3. The lowest BCUT2D eigenvalue weighted by atomic mass is 10.1. The molecule has 0 aromatic carbocycles. The average molecular weight is 372 g/mol. The van der Waals surface area contributed by atoms with E-state index in [4.69, 9.17) is 4.52 Å². The molecule has 0 spiro atoms. The Morgan fingerprint density at radius 1 is 1.44 bits per heavy atom. The van der Waals surface area contributed by atoms with E-state index in [1.54, 1.807) is 6.20 Å². The van der Waals surface area contributed by atoms with Gasteiger partial charge >= 0.3 is 0 Å². The number of piperazine rings is 1. The molecule has 1 atom stereocenters. The fourth-order valence-corrected chi connectivity index (χ4v) is 2.87. The van der Waals surface area contributed by atoms with Gasteiger partial charge in [-0.2, -0.15) is 4.98 Å². The molecule has 144 valence electrons. The molecule has 1 fully saturated rings. The Balaban J connectivity index is 1.56. The average Bonchev–Trinajstić information content (AvgIpc) is 3.13. The Morgan fingerprint density at radius 3 is 3.00 bits per heavy atom. The summed E-state index contributed by atoms with van der Waals surface area (Å²) in [5.41, 5.74) is 0.866. The van der Waals surface area contributed by atoms with Crippen molar-refractivity contribution in [2.45, 2.75) is 45.3 Å². The Hall–Kier alpha value is -2.81. The van der Waals surface area contributed by atoms with Gasteiger partial charge in [0.15, 0.2) is 5.82 Å². The number of carbonyl (C=O) groups is 2. The fraction of sp³-hybridized carbons (Fsp3) is 0.500. The highest BCUT2D eigenvalue weighted by atomic mass is 16.5. The first-order valence-electron chi connectivity index (χ1n) is 9.03. The van der Waals surface area contributed by atoms with Crippen LogP contribution < -0.4 is 10.6 Å². The number of hydrogen-bond donors (Lipinski definition) is 2. The predicted octanol–water partition coefficient (Wildman–Crippen LogP) is 0.595. The molecule has 2 amide bonds. The van der Waals surface area contributed by atoms with Gasteiger partial charge in [-0.15, -0.1) is 0 Å². The number of carbonyl (C=O) groups excluding carboxylic acids is 2. The van der Waals surface area contributed by atoms with Crippen LogP contribution >= 0.6 is 0 Å². The summed E-state index contributed by atoms with van der Waals surface area (Å²) in [5.74, 6) is 0.707. The third-order valence-electron chi connectivity index (χ3n) is 4.33. The van der Waals surface area contributed by atoms with Crippen LogP contribution in [-0.4, -0.2) is 51.0 Å². The molecule has 9 heteroatoms. The molecule has 9 nitrogen and oxygen atoms in total. The molecule has 1 saturated heterocycles. The predicted molar refractivity (Wildman–Crippen MR) is 96.3 cm³/mol. The van der Waals surface area contributed by atoms with E-state index in [1.807, 2.05) is 36.9 Å². The van der Waals surface area contributed by atoms with Gasteiger partial charge in [0.2, 0.25) is 17.7 Å². The zero-order valence-corrected chi connectivity index (χ0v) is 15.5. The summed E-state index contributed by atoms with van der Waals surface area (Å²) in [6, 6.07) is 5.13. The first-order valence-corrected chi connectivity index (χ1v) is 9.03. The summed E-state index contributed by atoms with van der Waals surface area (Å²) >= 11 is 0. The molecular weight excluding hydrogens is 348 g/mol. The van der Waals surface area contributed by atoms with Gasteiger partial charge in [-0.3, -0.25) is 19.5 Å². The number of aromatic nitrogens is 3. The highest BCUT2D eigenvalue weighted by molar-refractivity contribution is 5.88. The van der Waals surface area contributed by atoms with Crippen LogP contribution in [0, 0.1) is 0 Å². The van der Waals surface area contributed by atoms with Crippen LogP contribution in [0.3, 0.4) is 0 Å². The van der Waals surface area contributed by atoms with Gasteiger partial charge in [0.1, 0.15) is 0 Å². The van der Waals surface area contributed by atoms with Crippen LogP contribution in [0.2, 0.25) is 0 Å². The summed E-state index contributed by atoms with van der Waals surface area (Å²) in [7, 11) is 0. The highest BCUT2D eigenvalue weighted by Crippen LogP contribution is 2.13. The SMILES string of the molecule is CC(C)c1nc(CNC(=O)C[C@@H]2C(=O)NCCN2Cc2ccccn2)no1. The second kappa shape index (κ2) is 8.72. The summed E-state index contributed by atoms with van der Waals surface area (Å²) in [6.45, 7) is 5.83. The van der Waals surface area contributed by atoms with Crippen molar-refractivity contribution in [1.82, 2.24) is 30.7 Å².